The molecule has 224 valence electrons. The van der Waals surface area contributed by atoms with E-state index in [4.69, 9.17) is 36.2 Å². The van der Waals surface area contributed by atoms with Crippen LogP contribution in [-0.2, 0) is 27.8 Å². The first-order valence-corrected chi connectivity index (χ1v) is 14.3. The first kappa shape index (κ1) is 30.7. The van der Waals surface area contributed by atoms with E-state index in [2.05, 4.69) is 10.0 Å². The van der Waals surface area contributed by atoms with Gasteiger partial charge in [0.05, 0.1) is 19.1 Å². The van der Waals surface area contributed by atoms with E-state index in [1.54, 1.807) is 30.3 Å². The number of benzene rings is 3. The molecule has 1 amide bonds. The van der Waals surface area contributed by atoms with Gasteiger partial charge in [0, 0.05) is 35.2 Å². The van der Waals surface area contributed by atoms with Crippen molar-refractivity contribution in [2.45, 2.75) is 23.9 Å². The Labute approximate surface area is 246 Å². The van der Waals surface area contributed by atoms with Gasteiger partial charge < -0.3 is 30.7 Å². The minimum atomic E-state index is -4.26. The highest BCUT2D eigenvalue weighted by Gasteiger charge is 2.27. The first-order chi connectivity index (χ1) is 20.4. The quantitative estimate of drug-likeness (QED) is 0.0781. The van der Waals surface area contributed by atoms with E-state index < -0.39 is 27.6 Å². The number of amides is 1. The number of hydrogen-bond acceptors (Lipinski definition) is 9. The van der Waals surface area contributed by atoms with E-state index in [0.29, 0.717) is 39.1 Å². The highest BCUT2D eigenvalue weighted by atomic mass is 32.2. The van der Waals surface area contributed by atoms with Crippen LogP contribution >= 0.6 is 0 Å². The summed E-state index contributed by atoms with van der Waals surface area (Å²) in [6.45, 7) is 0.0469. The molecule has 8 N–H and O–H groups in total. The van der Waals surface area contributed by atoms with Gasteiger partial charge >= 0.3 is 5.63 Å². The first-order valence-electron chi connectivity index (χ1n) is 12.8. The molecule has 1 aromatic heterocycles. The molecule has 4 aromatic rings. The molecule has 13 nitrogen and oxygen atoms in total. The number of rotatable bonds is 12. The monoisotopic (exact) mass is 606 g/mol. The molecule has 0 aliphatic heterocycles. The standard InChI is InChI=1S/C29H30N6O7S/c1-40-24-13-21-19(12-26(36)42-23(21)14-25(24)41-2)11-22(29(37)34-15-16-3-5-17(6-4-16)27(30)31)35-43(38,39)20-9-7-18(8-10-20)28(32)33/h3-10,12-14,22,35H,11,15H2,1-2H3,(H3,30,31)(H3,32,33)(H,34,37)/t22-/m0/s1. The SMILES string of the molecule is COc1cc2oc(=O)cc(C[C@H](NS(=O)(=O)c3ccc(C(=N)N)cc3)C(=O)NCc3ccc(C(=N)N)cc3)c2cc1OC. The topological polar surface area (TPSA) is 224 Å². The van der Waals surface area contributed by atoms with Crippen LogP contribution in [0.15, 0.2) is 80.8 Å². The number of carbonyl (C=O) groups excluding carboxylic acids is 1. The Kier molecular flexibility index (Phi) is 9.12. The van der Waals surface area contributed by atoms with Gasteiger partial charge in [0.2, 0.25) is 15.9 Å². The maximum absolute atomic E-state index is 13.5. The summed E-state index contributed by atoms with van der Waals surface area (Å²) < 4.78 is 45.2. The van der Waals surface area contributed by atoms with Crippen LogP contribution in [0, 0.1) is 10.8 Å². The lowest BCUT2D eigenvalue weighted by Crippen LogP contribution is -2.47. The second-order valence-corrected chi connectivity index (χ2v) is 11.2. The lowest BCUT2D eigenvalue weighted by molar-refractivity contribution is -0.122. The number of fused-ring (bicyclic) bond motifs is 1. The van der Waals surface area contributed by atoms with E-state index in [9.17, 15) is 18.0 Å². The number of nitrogen functional groups attached to an aromatic ring is 2. The third-order valence-corrected chi connectivity index (χ3v) is 8.07. The van der Waals surface area contributed by atoms with Crippen LogP contribution in [-0.4, -0.2) is 46.3 Å². The molecule has 3 aromatic carbocycles. The number of ether oxygens (including phenoxy) is 2. The summed E-state index contributed by atoms with van der Waals surface area (Å²) >= 11 is 0. The van der Waals surface area contributed by atoms with Crippen molar-refractivity contribution in [2.75, 3.05) is 14.2 Å². The van der Waals surface area contributed by atoms with Crippen LogP contribution in [0.4, 0.5) is 0 Å². The maximum Gasteiger partial charge on any atom is 0.336 e. The molecule has 1 atom stereocenters. The largest absolute Gasteiger partial charge is 0.493 e. The summed E-state index contributed by atoms with van der Waals surface area (Å²) in [5.41, 5.74) is 12.3. The normalized spacial score (nSPS) is 12.0. The average molecular weight is 607 g/mol. The number of methoxy groups -OCH3 is 2. The molecule has 1 heterocycles. The number of sulfonamides is 1. The lowest BCUT2D eigenvalue weighted by atomic mass is 10.0. The van der Waals surface area contributed by atoms with Gasteiger partial charge in [-0.15, -0.1) is 0 Å². The van der Waals surface area contributed by atoms with Gasteiger partial charge in [0.1, 0.15) is 23.3 Å². The number of nitrogens with one attached hydrogen (secondary N) is 4. The van der Waals surface area contributed by atoms with Gasteiger partial charge in [0.25, 0.3) is 0 Å². The fourth-order valence-corrected chi connectivity index (χ4v) is 5.51. The Hall–Kier alpha value is -5.21. The lowest BCUT2D eigenvalue weighted by Gasteiger charge is -2.20. The summed E-state index contributed by atoms with van der Waals surface area (Å²) in [7, 11) is -1.39. The molecule has 0 saturated carbocycles. The summed E-state index contributed by atoms with van der Waals surface area (Å²) in [6.07, 6.45) is -0.225. The second kappa shape index (κ2) is 12.8. The van der Waals surface area contributed by atoms with Gasteiger partial charge in [-0.25, -0.2) is 13.2 Å². The van der Waals surface area contributed by atoms with E-state index in [1.165, 1.54) is 50.6 Å². The van der Waals surface area contributed by atoms with E-state index in [1.807, 2.05) is 0 Å². The predicted octanol–water partition coefficient (Wildman–Crippen LogP) is 1.58. The van der Waals surface area contributed by atoms with E-state index in [0.717, 1.165) is 0 Å². The number of hydrogen-bond donors (Lipinski definition) is 6. The van der Waals surface area contributed by atoms with E-state index in [-0.39, 0.29) is 35.1 Å². The molecular weight excluding hydrogens is 576 g/mol. The molecule has 0 aliphatic carbocycles. The second-order valence-electron chi connectivity index (χ2n) is 9.44. The zero-order valence-electron chi connectivity index (χ0n) is 23.3. The number of amidine groups is 2. The van der Waals surface area contributed by atoms with Crippen molar-refractivity contribution in [3.05, 3.63) is 99.4 Å². The Balaban J connectivity index is 1.70. The summed E-state index contributed by atoms with van der Waals surface area (Å²) in [6, 6.07) is 14.8. The van der Waals surface area contributed by atoms with Crippen LogP contribution in [0.3, 0.4) is 0 Å². The molecule has 0 fully saturated rings. The minimum absolute atomic E-state index is 0.0469. The maximum atomic E-state index is 13.5. The Morgan fingerprint density at radius 3 is 2.02 bits per heavy atom. The molecule has 0 bridgehead atoms. The summed E-state index contributed by atoms with van der Waals surface area (Å²) in [4.78, 5) is 25.8. The van der Waals surface area contributed by atoms with Gasteiger partial charge in [-0.05, 0) is 47.9 Å². The van der Waals surface area contributed by atoms with Gasteiger partial charge in [-0.1, -0.05) is 24.3 Å². The fourth-order valence-electron chi connectivity index (χ4n) is 4.31. The van der Waals surface area contributed by atoms with E-state index >= 15 is 0 Å². The third kappa shape index (κ3) is 7.17. The smallest absolute Gasteiger partial charge is 0.336 e. The van der Waals surface area contributed by atoms with Crippen LogP contribution in [0.5, 0.6) is 11.5 Å². The minimum Gasteiger partial charge on any atom is -0.493 e. The molecule has 0 radical (unpaired) electrons. The Bertz CT molecular complexity index is 1850. The molecule has 0 unspecified atom stereocenters. The number of nitrogens with two attached hydrogens (primary N) is 2. The van der Waals surface area contributed by atoms with Crippen LogP contribution in [0.25, 0.3) is 11.0 Å². The predicted molar refractivity (Wildman–Crippen MR) is 160 cm³/mol. The molecule has 4 rings (SSSR count). The van der Waals surface area contributed by atoms with Crippen molar-refractivity contribution < 1.29 is 27.1 Å². The number of carbonyl (C=O) groups is 1. The van der Waals surface area contributed by atoms with Gasteiger partial charge in [0.15, 0.2) is 11.5 Å². The molecule has 14 heteroatoms. The average Bonchev–Trinajstić information content (AvgIpc) is 2.98. The van der Waals surface area contributed by atoms with Crippen molar-refractivity contribution in [1.82, 2.24) is 10.0 Å². The fraction of sp³-hybridized carbons (Fsp3) is 0.172. The molecule has 0 aliphatic rings. The van der Waals surface area contributed by atoms with Crippen molar-refractivity contribution in [3.63, 3.8) is 0 Å². The van der Waals surface area contributed by atoms with Crippen LogP contribution in [0.1, 0.15) is 22.3 Å². The van der Waals surface area contributed by atoms with Crippen LogP contribution in [0.2, 0.25) is 0 Å². The molecule has 43 heavy (non-hydrogen) atoms. The van der Waals surface area contributed by atoms with Crippen molar-refractivity contribution in [1.29, 1.82) is 10.8 Å². The Morgan fingerprint density at radius 1 is 0.907 bits per heavy atom. The Morgan fingerprint density at radius 2 is 1.47 bits per heavy atom. The summed E-state index contributed by atoms with van der Waals surface area (Å²) in [5.74, 6) is -0.342. The third-order valence-electron chi connectivity index (χ3n) is 6.58. The molecule has 0 saturated heterocycles. The van der Waals surface area contributed by atoms with Crippen molar-refractivity contribution >= 4 is 38.6 Å². The zero-order chi connectivity index (χ0) is 31.3. The van der Waals surface area contributed by atoms with Gasteiger partial charge in [-0.2, -0.15) is 4.72 Å². The van der Waals surface area contributed by atoms with Crippen molar-refractivity contribution in [3.8, 4) is 11.5 Å². The zero-order valence-corrected chi connectivity index (χ0v) is 24.1. The summed E-state index contributed by atoms with van der Waals surface area (Å²) in [5, 5.41) is 18.2. The van der Waals surface area contributed by atoms with Crippen molar-refractivity contribution in [2.24, 2.45) is 11.5 Å². The highest BCUT2D eigenvalue weighted by Crippen LogP contribution is 2.33. The molecular formula is C29H30N6O7S. The van der Waals surface area contributed by atoms with Crippen LogP contribution < -0.4 is 36.6 Å². The highest BCUT2D eigenvalue weighted by molar-refractivity contribution is 7.89. The van der Waals surface area contributed by atoms with Gasteiger partial charge in [-0.3, -0.25) is 15.6 Å². The molecule has 0 spiro atoms.